The van der Waals surface area contributed by atoms with Crippen LogP contribution in [0.15, 0.2) is 48.5 Å². The van der Waals surface area contributed by atoms with Crippen LogP contribution < -0.4 is 10.1 Å². The minimum atomic E-state index is -3.50. The molecule has 1 amide bonds. The fourth-order valence-electron chi connectivity index (χ4n) is 4.27. The predicted octanol–water partition coefficient (Wildman–Crippen LogP) is 2.29. The molecular weight excluding hydrogens is 352 g/mol. The quantitative estimate of drug-likeness (QED) is 0.897. The molecule has 2 aromatic carbocycles. The van der Waals surface area contributed by atoms with E-state index < -0.39 is 21.5 Å². The third-order valence-electron chi connectivity index (χ3n) is 5.38. The number of sulfonamides is 1. The van der Waals surface area contributed by atoms with Crippen molar-refractivity contribution in [3.63, 3.8) is 0 Å². The third-order valence-corrected chi connectivity index (χ3v) is 6.62. The molecule has 0 aromatic heterocycles. The molecule has 2 aliphatic rings. The van der Waals surface area contributed by atoms with Gasteiger partial charge in [-0.3, -0.25) is 4.79 Å². The summed E-state index contributed by atoms with van der Waals surface area (Å²) in [5.41, 5.74) is 1.41. The monoisotopic (exact) mass is 372 g/mol. The molecule has 6 nitrogen and oxygen atoms in total. The number of amides is 1. The number of nitrogens with zero attached hydrogens (tertiary/aromatic N) is 1. The first kappa shape index (κ1) is 17.1. The molecule has 2 heterocycles. The number of carbonyl (C=O) groups excluding carboxylic acids is 1. The van der Waals surface area contributed by atoms with Gasteiger partial charge in [-0.25, -0.2) is 8.42 Å². The van der Waals surface area contributed by atoms with Gasteiger partial charge in [0.2, 0.25) is 15.9 Å². The maximum absolute atomic E-state index is 13.1. The van der Waals surface area contributed by atoms with E-state index in [1.807, 2.05) is 42.5 Å². The highest BCUT2D eigenvalue weighted by Gasteiger charge is 2.60. The highest BCUT2D eigenvalue weighted by atomic mass is 32.2. The van der Waals surface area contributed by atoms with Crippen LogP contribution in [0.4, 0.5) is 5.69 Å². The molecule has 136 valence electrons. The summed E-state index contributed by atoms with van der Waals surface area (Å²) in [4.78, 5) is 13.1. The Bertz CT molecular complexity index is 989. The van der Waals surface area contributed by atoms with Crippen LogP contribution in [-0.4, -0.2) is 38.5 Å². The third kappa shape index (κ3) is 2.34. The SMILES string of the molecule is COc1cccc([C@@H]2N(S(C)(=O)=O)CC[C@]23C(=O)Nc2ccccc23)c1. The molecule has 1 fully saturated rings. The van der Waals surface area contributed by atoms with E-state index in [1.54, 1.807) is 13.2 Å². The van der Waals surface area contributed by atoms with Crippen molar-refractivity contribution in [1.29, 1.82) is 0 Å². The first-order valence-electron chi connectivity index (χ1n) is 8.39. The second-order valence-corrected chi connectivity index (χ2v) is 8.71. The standard InChI is InChI=1S/C19H20N2O4S/c1-25-14-7-5-6-13(12-14)17-19(10-11-21(17)26(2,23)24)15-8-3-4-9-16(15)20-18(19)22/h3-9,12,17H,10-11H2,1-2H3,(H,20,22)/t17-,19+/m0/s1. The van der Waals surface area contributed by atoms with Crippen molar-refractivity contribution in [3.05, 3.63) is 59.7 Å². The molecule has 1 spiro atoms. The minimum Gasteiger partial charge on any atom is -0.497 e. The van der Waals surface area contributed by atoms with Crippen molar-refractivity contribution in [3.8, 4) is 5.75 Å². The molecule has 2 aromatic rings. The zero-order valence-electron chi connectivity index (χ0n) is 14.6. The summed E-state index contributed by atoms with van der Waals surface area (Å²) in [7, 11) is -1.93. The Morgan fingerprint density at radius 3 is 2.69 bits per heavy atom. The molecule has 26 heavy (non-hydrogen) atoms. The summed E-state index contributed by atoms with van der Waals surface area (Å²) in [5, 5.41) is 2.94. The number of rotatable bonds is 3. The Kier molecular flexibility index (Phi) is 3.82. The maximum atomic E-state index is 13.1. The fourth-order valence-corrected chi connectivity index (χ4v) is 5.38. The highest BCUT2D eigenvalue weighted by molar-refractivity contribution is 7.88. The summed E-state index contributed by atoms with van der Waals surface area (Å²) < 4.78 is 31.7. The Morgan fingerprint density at radius 1 is 1.19 bits per heavy atom. The van der Waals surface area contributed by atoms with Gasteiger partial charge in [0.15, 0.2) is 0 Å². The fraction of sp³-hybridized carbons (Fsp3) is 0.316. The number of fused-ring (bicyclic) bond motifs is 2. The number of hydrogen-bond acceptors (Lipinski definition) is 4. The summed E-state index contributed by atoms with van der Waals surface area (Å²) in [6.07, 6.45) is 1.63. The lowest BCUT2D eigenvalue weighted by molar-refractivity contribution is -0.121. The van der Waals surface area contributed by atoms with Gasteiger partial charge in [-0.05, 0) is 35.7 Å². The lowest BCUT2D eigenvalue weighted by Gasteiger charge is -2.33. The van der Waals surface area contributed by atoms with Gasteiger partial charge < -0.3 is 10.1 Å². The lowest BCUT2D eigenvalue weighted by atomic mass is 9.73. The van der Waals surface area contributed by atoms with Crippen LogP contribution in [0, 0.1) is 0 Å². The van der Waals surface area contributed by atoms with Crippen LogP contribution in [0.3, 0.4) is 0 Å². The molecule has 0 saturated carbocycles. The highest BCUT2D eigenvalue weighted by Crippen LogP contribution is 2.55. The second-order valence-electron chi connectivity index (χ2n) is 6.77. The smallest absolute Gasteiger partial charge is 0.237 e. The molecule has 0 bridgehead atoms. The van der Waals surface area contributed by atoms with E-state index in [4.69, 9.17) is 4.74 Å². The number of nitrogens with one attached hydrogen (secondary N) is 1. The normalized spacial score (nSPS) is 25.3. The molecule has 2 aliphatic heterocycles. The maximum Gasteiger partial charge on any atom is 0.237 e. The molecule has 0 aliphatic carbocycles. The number of ether oxygens (including phenoxy) is 1. The van der Waals surface area contributed by atoms with Gasteiger partial charge in [0.05, 0.1) is 24.8 Å². The molecule has 4 rings (SSSR count). The van der Waals surface area contributed by atoms with Crippen LogP contribution in [0.2, 0.25) is 0 Å². The zero-order chi connectivity index (χ0) is 18.5. The predicted molar refractivity (Wildman–Crippen MR) is 98.7 cm³/mol. The molecule has 7 heteroatoms. The zero-order valence-corrected chi connectivity index (χ0v) is 15.4. The average Bonchev–Trinajstić information content (AvgIpc) is 3.15. The van der Waals surface area contributed by atoms with Gasteiger partial charge in [-0.2, -0.15) is 4.31 Å². The number of methoxy groups -OCH3 is 1. The van der Waals surface area contributed by atoms with E-state index in [1.165, 1.54) is 10.6 Å². The van der Waals surface area contributed by atoms with Crippen molar-refractivity contribution in [2.75, 3.05) is 25.2 Å². The minimum absolute atomic E-state index is 0.155. The summed E-state index contributed by atoms with van der Waals surface area (Å²) in [5.74, 6) is 0.474. The number of carbonyl (C=O) groups is 1. The van der Waals surface area contributed by atoms with E-state index >= 15 is 0 Å². The Labute approximate surface area is 152 Å². The van der Waals surface area contributed by atoms with Crippen molar-refractivity contribution >= 4 is 21.6 Å². The van der Waals surface area contributed by atoms with Crippen molar-refractivity contribution in [2.45, 2.75) is 17.9 Å². The van der Waals surface area contributed by atoms with Gasteiger partial charge in [0.25, 0.3) is 0 Å². The number of para-hydroxylation sites is 1. The van der Waals surface area contributed by atoms with E-state index in [-0.39, 0.29) is 5.91 Å². The van der Waals surface area contributed by atoms with Crippen LogP contribution in [0.25, 0.3) is 0 Å². The van der Waals surface area contributed by atoms with Gasteiger partial charge in [0, 0.05) is 12.2 Å². The Morgan fingerprint density at radius 2 is 1.96 bits per heavy atom. The van der Waals surface area contributed by atoms with E-state index in [2.05, 4.69) is 5.32 Å². The number of benzene rings is 2. The Hall–Kier alpha value is -2.38. The first-order valence-corrected chi connectivity index (χ1v) is 10.2. The van der Waals surface area contributed by atoms with E-state index in [0.717, 1.165) is 16.8 Å². The topological polar surface area (TPSA) is 75.7 Å². The van der Waals surface area contributed by atoms with E-state index in [0.29, 0.717) is 18.7 Å². The summed E-state index contributed by atoms with van der Waals surface area (Å²) in [6.45, 7) is 0.294. The molecule has 0 unspecified atom stereocenters. The van der Waals surface area contributed by atoms with Crippen molar-refractivity contribution < 1.29 is 17.9 Å². The van der Waals surface area contributed by atoms with Crippen molar-refractivity contribution in [2.24, 2.45) is 0 Å². The van der Waals surface area contributed by atoms with Gasteiger partial charge in [-0.15, -0.1) is 0 Å². The van der Waals surface area contributed by atoms with Gasteiger partial charge >= 0.3 is 0 Å². The largest absolute Gasteiger partial charge is 0.497 e. The molecular formula is C19H20N2O4S. The summed E-state index contributed by atoms with van der Waals surface area (Å²) in [6, 6.07) is 14.2. The summed E-state index contributed by atoms with van der Waals surface area (Å²) >= 11 is 0. The van der Waals surface area contributed by atoms with Gasteiger partial charge in [-0.1, -0.05) is 30.3 Å². The van der Waals surface area contributed by atoms with Crippen LogP contribution >= 0.6 is 0 Å². The molecule has 2 atom stereocenters. The number of anilines is 1. The van der Waals surface area contributed by atoms with Crippen LogP contribution in [0.5, 0.6) is 5.75 Å². The van der Waals surface area contributed by atoms with Gasteiger partial charge in [0.1, 0.15) is 5.75 Å². The second kappa shape index (κ2) is 5.82. The molecule has 1 saturated heterocycles. The molecule has 0 radical (unpaired) electrons. The first-order chi connectivity index (χ1) is 12.4. The van der Waals surface area contributed by atoms with E-state index in [9.17, 15) is 13.2 Å². The van der Waals surface area contributed by atoms with Crippen LogP contribution in [0.1, 0.15) is 23.6 Å². The van der Waals surface area contributed by atoms with Crippen LogP contribution in [-0.2, 0) is 20.2 Å². The average molecular weight is 372 g/mol. The Balaban J connectivity index is 1.96. The number of hydrogen-bond donors (Lipinski definition) is 1. The lowest BCUT2D eigenvalue weighted by Crippen LogP contribution is -2.42. The van der Waals surface area contributed by atoms with Crippen molar-refractivity contribution in [1.82, 2.24) is 4.31 Å². The molecule has 1 N–H and O–H groups in total.